The van der Waals surface area contributed by atoms with Crippen LogP contribution in [0.4, 0.5) is 29.1 Å². The number of anilines is 2. The number of rotatable bonds is 10. The van der Waals surface area contributed by atoms with Crippen LogP contribution < -0.4 is 15.4 Å². The van der Waals surface area contributed by atoms with E-state index in [1.807, 2.05) is 6.92 Å². The van der Waals surface area contributed by atoms with Crippen molar-refractivity contribution in [3.63, 3.8) is 0 Å². The predicted octanol–water partition coefficient (Wildman–Crippen LogP) is 4.19. The summed E-state index contributed by atoms with van der Waals surface area (Å²) >= 11 is 0. The van der Waals surface area contributed by atoms with Gasteiger partial charge in [0.25, 0.3) is 0 Å². The minimum atomic E-state index is -4.59. The molecule has 1 aromatic heterocycles. The third-order valence-electron chi connectivity index (χ3n) is 4.67. The first kappa shape index (κ1) is 27.1. The van der Waals surface area contributed by atoms with E-state index in [0.717, 1.165) is 18.4 Å². The van der Waals surface area contributed by atoms with Gasteiger partial charge in [-0.25, -0.2) is 17.8 Å². The summed E-state index contributed by atoms with van der Waals surface area (Å²) in [6.07, 6.45) is -0.215. The highest BCUT2D eigenvalue weighted by atomic mass is 32.2. The number of aromatic nitrogens is 1. The van der Waals surface area contributed by atoms with Crippen molar-refractivity contribution in [3.8, 4) is 0 Å². The van der Waals surface area contributed by atoms with Crippen LogP contribution in [0.25, 0.3) is 6.08 Å². The van der Waals surface area contributed by atoms with Crippen LogP contribution in [0.1, 0.15) is 37.1 Å². The molecule has 2 aromatic rings. The van der Waals surface area contributed by atoms with Gasteiger partial charge in [-0.15, -0.1) is 0 Å². The normalized spacial score (nSPS) is 13.0. The van der Waals surface area contributed by atoms with Gasteiger partial charge >= 0.3 is 6.18 Å². The molecule has 186 valence electrons. The zero-order valence-electron chi connectivity index (χ0n) is 18.8. The van der Waals surface area contributed by atoms with E-state index in [4.69, 9.17) is 0 Å². The maximum atomic E-state index is 14.0. The van der Waals surface area contributed by atoms with Crippen LogP contribution in [0.15, 0.2) is 36.4 Å². The minimum absolute atomic E-state index is 0.0199. The Kier molecular flexibility index (Phi) is 9.02. The largest absolute Gasteiger partial charge is 0.433 e. The van der Waals surface area contributed by atoms with Crippen molar-refractivity contribution in [3.05, 3.63) is 59.0 Å². The lowest BCUT2D eigenvalue weighted by molar-refractivity contribution is -0.141. The molecule has 34 heavy (non-hydrogen) atoms. The number of carbonyl (C=O) groups is 1. The number of hydrogen-bond acceptors (Lipinski definition) is 5. The van der Waals surface area contributed by atoms with E-state index < -0.39 is 33.6 Å². The number of nitrogens with zero attached hydrogens (tertiary/aromatic N) is 1. The van der Waals surface area contributed by atoms with Gasteiger partial charge in [0.1, 0.15) is 17.3 Å². The standard InChI is InChI=1S/C22H26F4N4O3S/c1-4-14(2)28-21-16(6-9-19(29-21)22(24,25)26)7-10-20(31)27-12-11-15-5-8-18(17(23)13-15)30-34(3,32)33/h5-10,13-14,30H,4,11-12H2,1-3H3,(H,27,31)(H,28,29). The Hall–Kier alpha value is -3.15. The molecule has 1 atom stereocenters. The highest BCUT2D eigenvalue weighted by Crippen LogP contribution is 2.30. The molecule has 7 nitrogen and oxygen atoms in total. The Labute approximate surface area is 195 Å². The van der Waals surface area contributed by atoms with Gasteiger partial charge in [-0.2, -0.15) is 13.2 Å². The van der Waals surface area contributed by atoms with E-state index in [1.54, 1.807) is 6.92 Å². The molecular weight excluding hydrogens is 476 g/mol. The van der Waals surface area contributed by atoms with E-state index in [9.17, 15) is 30.8 Å². The van der Waals surface area contributed by atoms with Gasteiger partial charge in [-0.1, -0.05) is 13.0 Å². The second kappa shape index (κ2) is 11.3. The van der Waals surface area contributed by atoms with Gasteiger partial charge in [0.2, 0.25) is 15.9 Å². The molecule has 2 rings (SSSR count). The smallest absolute Gasteiger partial charge is 0.367 e. The highest BCUT2D eigenvalue weighted by Gasteiger charge is 2.33. The fourth-order valence-corrected chi connectivity index (χ4v) is 3.33. The summed E-state index contributed by atoms with van der Waals surface area (Å²) in [5.74, 6) is -1.22. The Morgan fingerprint density at radius 1 is 1.21 bits per heavy atom. The Morgan fingerprint density at radius 2 is 1.91 bits per heavy atom. The van der Waals surface area contributed by atoms with Gasteiger partial charge < -0.3 is 10.6 Å². The number of halogens is 4. The monoisotopic (exact) mass is 502 g/mol. The molecule has 0 aliphatic carbocycles. The Morgan fingerprint density at radius 3 is 2.50 bits per heavy atom. The van der Waals surface area contributed by atoms with Crippen molar-refractivity contribution in [2.75, 3.05) is 22.8 Å². The number of pyridine rings is 1. The Bertz CT molecular complexity index is 1150. The summed E-state index contributed by atoms with van der Waals surface area (Å²) < 4.78 is 77.5. The van der Waals surface area contributed by atoms with Crippen LogP contribution in [0.2, 0.25) is 0 Å². The summed E-state index contributed by atoms with van der Waals surface area (Å²) in [5.41, 5.74) is -0.359. The third-order valence-corrected chi connectivity index (χ3v) is 5.26. The van der Waals surface area contributed by atoms with Crippen LogP contribution in [-0.2, 0) is 27.4 Å². The maximum absolute atomic E-state index is 14.0. The summed E-state index contributed by atoms with van der Waals surface area (Å²) in [6.45, 7) is 3.83. The van der Waals surface area contributed by atoms with Crippen LogP contribution in [-0.4, -0.2) is 38.2 Å². The van der Waals surface area contributed by atoms with E-state index >= 15 is 0 Å². The van der Waals surface area contributed by atoms with Crippen molar-refractivity contribution in [2.24, 2.45) is 0 Å². The lowest BCUT2D eigenvalue weighted by Crippen LogP contribution is -2.23. The number of hydrogen-bond donors (Lipinski definition) is 3. The number of carbonyl (C=O) groups excluding carboxylic acids is 1. The van der Waals surface area contributed by atoms with Crippen molar-refractivity contribution in [2.45, 2.75) is 38.9 Å². The number of nitrogens with one attached hydrogen (secondary N) is 3. The molecule has 12 heteroatoms. The van der Waals surface area contributed by atoms with Gasteiger partial charge in [0.15, 0.2) is 0 Å². The second-order valence-electron chi connectivity index (χ2n) is 7.65. The molecule has 0 bridgehead atoms. The zero-order chi connectivity index (χ0) is 25.5. The fraction of sp³-hybridized carbons (Fsp3) is 0.364. The van der Waals surface area contributed by atoms with Gasteiger partial charge in [0.05, 0.1) is 11.9 Å². The maximum Gasteiger partial charge on any atom is 0.433 e. The van der Waals surface area contributed by atoms with Gasteiger partial charge in [-0.05, 0) is 55.7 Å². The van der Waals surface area contributed by atoms with Crippen molar-refractivity contribution >= 4 is 33.5 Å². The quantitative estimate of drug-likeness (QED) is 0.334. The number of sulfonamides is 1. The van der Waals surface area contributed by atoms with E-state index in [2.05, 4.69) is 20.3 Å². The summed E-state index contributed by atoms with van der Waals surface area (Å²) in [5, 5.41) is 5.51. The third kappa shape index (κ3) is 8.65. The van der Waals surface area contributed by atoms with Crippen molar-refractivity contribution in [1.82, 2.24) is 10.3 Å². The molecule has 0 aliphatic rings. The number of alkyl halides is 3. The molecule has 0 fully saturated rings. The molecule has 0 saturated carbocycles. The lowest BCUT2D eigenvalue weighted by atomic mass is 10.1. The SMILES string of the molecule is CCC(C)Nc1nc(C(F)(F)F)ccc1C=CC(=O)NCCc1ccc(NS(C)(=O)=O)c(F)c1. The van der Waals surface area contributed by atoms with Crippen LogP contribution in [0.5, 0.6) is 0 Å². The van der Waals surface area contributed by atoms with Crippen LogP contribution in [0, 0.1) is 5.82 Å². The van der Waals surface area contributed by atoms with E-state index in [0.29, 0.717) is 17.5 Å². The van der Waals surface area contributed by atoms with Gasteiger partial charge in [0, 0.05) is 24.2 Å². The topological polar surface area (TPSA) is 100 Å². The molecule has 1 aromatic carbocycles. The second-order valence-corrected chi connectivity index (χ2v) is 9.40. The van der Waals surface area contributed by atoms with Crippen molar-refractivity contribution < 1.29 is 30.8 Å². The molecule has 3 N–H and O–H groups in total. The Balaban J connectivity index is 2.01. The van der Waals surface area contributed by atoms with Gasteiger partial charge in [-0.3, -0.25) is 9.52 Å². The molecular formula is C22H26F4N4O3S. The molecule has 1 unspecified atom stereocenters. The van der Waals surface area contributed by atoms with E-state index in [1.165, 1.54) is 30.4 Å². The lowest BCUT2D eigenvalue weighted by Gasteiger charge is -2.16. The first-order valence-electron chi connectivity index (χ1n) is 10.4. The van der Waals surface area contributed by atoms with Crippen molar-refractivity contribution in [1.29, 1.82) is 0 Å². The molecule has 0 spiro atoms. The summed E-state index contributed by atoms with van der Waals surface area (Å²) in [7, 11) is -3.61. The molecule has 0 saturated heterocycles. The number of benzene rings is 1. The van der Waals surface area contributed by atoms with Crippen LogP contribution >= 0.6 is 0 Å². The molecule has 0 radical (unpaired) electrons. The summed E-state index contributed by atoms with van der Waals surface area (Å²) in [4.78, 5) is 15.8. The molecule has 1 amide bonds. The van der Waals surface area contributed by atoms with Crippen LogP contribution in [0.3, 0.4) is 0 Å². The fourth-order valence-electron chi connectivity index (χ4n) is 2.76. The first-order valence-corrected chi connectivity index (χ1v) is 12.2. The first-order chi connectivity index (χ1) is 15.8. The zero-order valence-corrected chi connectivity index (χ0v) is 19.6. The average molecular weight is 503 g/mol. The molecule has 0 aliphatic heterocycles. The average Bonchev–Trinajstić information content (AvgIpc) is 2.73. The number of amides is 1. The molecule has 1 heterocycles. The summed E-state index contributed by atoms with van der Waals surface area (Å²) in [6, 6.07) is 5.93. The van der Waals surface area contributed by atoms with E-state index in [-0.39, 0.29) is 30.5 Å². The minimum Gasteiger partial charge on any atom is -0.367 e. The highest BCUT2D eigenvalue weighted by molar-refractivity contribution is 7.92. The predicted molar refractivity (Wildman–Crippen MR) is 123 cm³/mol.